The number of rotatable bonds is 1. The Kier molecular flexibility index (Phi) is 2.78. The van der Waals surface area contributed by atoms with Crippen molar-refractivity contribution in [3.63, 3.8) is 0 Å². The highest BCUT2D eigenvalue weighted by Crippen LogP contribution is 1.72. The maximum absolute atomic E-state index is 9.95. The molecule has 1 N–H and O–H groups in total. The van der Waals surface area contributed by atoms with E-state index in [0.29, 0.717) is 0 Å². The van der Waals surface area contributed by atoms with Crippen LogP contribution in [0, 0.1) is 19.0 Å². The molecule has 36 valence electrons. The Morgan fingerprint density at radius 3 is 2.57 bits per heavy atom. The van der Waals surface area contributed by atoms with Gasteiger partial charge in [0.25, 0.3) is 0 Å². The van der Waals surface area contributed by atoms with Gasteiger partial charge in [-0.1, -0.05) is 0 Å². The molecule has 7 heavy (non-hydrogen) atoms. The molecule has 0 aromatic carbocycles. The molecule has 0 atom stereocenters. The van der Waals surface area contributed by atoms with Gasteiger partial charge in [-0.05, 0) is 6.92 Å². The number of hydrogen-bond donors (Lipinski definition) is 1. The van der Waals surface area contributed by atoms with Crippen molar-refractivity contribution in [3.8, 4) is 12.0 Å². The number of aliphatic hydroxyl groups excluding tert-OH is 1. The molecule has 0 aromatic rings. The van der Waals surface area contributed by atoms with Crippen LogP contribution < -0.4 is 0 Å². The van der Waals surface area contributed by atoms with Crippen LogP contribution in [0.25, 0.3) is 0 Å². The Hall–Kier alpha value is -0.970. The molecule has 0 unspecified atom stereocenters. The van der Waals surface area contributed by atoms with Gasteiger partial charge in [-0.2, -0.15) is 0 Å². The molecule has 0 saturated carbocycles. The van der Waals surface area contributed by atoms with Crippen LogP contribution in [0.3, 0.4) is 0 Å². The molecule has 0 aliphatic rings. The maximum atomic E-state index is 9.95. The summed E-state index contributed by atoms with van der Waals surface area (Å²) in [6.07, 6.45) is 1.31. The third-order valence-electron chi connectivity index (χ3n) is 0.381. The number of aliphatic hydroxyl groups is 1. The third-order valence-corrected chi connectivity index (χ3v) is 0.381. The molecule has 0 aromatic heterocycles. The van der Waals surface area contributed by atoms with Gasteiger partial charge in [0, 0.05) is 12.3 Å². The molecular formula is C5H4O2. The van der Waals surface area contributed by atoms with E-state index in [1.54, 1.807) is 0 Å². The molecule has 2 nitrogen and oxygen atoms in total. The smallest absolute Gasteiger partial charge is 0.209 e. The SMILES string of the molecule is [CH]CC(=O)C#CO. The fraction of sp³-hybridized carbons (Fsp3) is 0.200. The summed E-state index contributed by atoms with van der Waals surface area (Å²) in [4.78, 5) is 9.95. The van der Waals surface area contributed by atoms with Crippen molar-refractivity contribution in [2.45, 2.75) is 6.42 Å². The minimum atomic E-state index is -0.456. The van der Waals surface area contributed by atoms with E-state index in [1.807, 2.05) is 5.92 Å². The van der Waals surface area contributed by atoms with Crippen molar-refractivity contribution >= 4 is 5.78 Å². The second kappa shape index (κ2) is 3.23. The molecule has 0 rings (SSSR count). The Morgan fingerprint density at radius 1 is 1.86 bits per heavy atom. The summed E-state index contributed by atoms with van der Waals surface area (Å²) >= 11 is 0. The van der Waals surface area contributed by atoms with Crippen molar-refractivity contribution in [1.82, 2.24) is 0 Å². The lowest BCUT2D eigenvalue weighted by Crippen LogP contribution is -1.86. The fourth-order valence-corrected chi connectivity index (χ4v) is 0.113. The summed E-state index contributed by atoms with van der Waals surface area (Å²) in [6, 6.07) is 0. The van der Waals surface area contributed by atoms with Crippen LogP contribution >= 0.6 is 0 Å². The summed E-state index contributed by atoms with van der Waals surface area (Å²) in [5, 5.41) is 7.73. The number of ketones is 1. The lowest BCUT2D eigenvalue weighted by molar-refractivity contribution is -0.113. The molecule has 2 radical (unpaired) electrons. The highest BCUT2D eigenvalue weighted by Gasteiger charge is 1.85. The van der Waals surface area contributed by atoms with Gasteiger partial charge in [0.1, 0.15) is 6.11 Å². The van der Waals surface area contributed by atoms with Crippen LogP contribution in [0.1, 0.15) is 6.42 Å². The third kappa shape index (κ3) is 2.84. The second-order valence-electron chi connectivity index (χ2n) is 0.864. The van der Waals surface area contributed by atoms with Gasteiger partial charge in [-0.15, -0.1) is 0 Å². The van der Waals surface area contributed by atoms with Gasteiger partial charge in [0.2, 0.25) is 5.78 Å². The number of Topliss-reactive ketones (excluding diaryl/α,β-unsaturated/α-hetero) is 1. The Bertz CT molecular complexity index is 116. The Labute approximate surface area is 42.2 Å². The monoisotopic (exact) mass is 96.0 g/mol. The quantitative estimate of drug-likeness (QED) is 0.466. The molecular weight excluding hydrogens is 92.1 g/mol. The van der Waals surface area contributed by atoms with Gasteiger partial charge < -0.3 is 5.11 Å². The molecule has 0 aliphatic carbocycles. The summed E-state index contributed by atoms with van der Waals surface area (Å²) in [5.74, 6) is 1.38. The fourth-order valence-electron chi connectivity index (χ4n) is 0.113. The molecule has 0 aliphatic heterocycles. The summed E-state index contributed by atoms with van der Waals surface area (Å²) in [6.45, 7) is 4.79. The Morgan fingerprint density at radius 2 is 2.43 bits per heavy atom. The second-order valence-corrected chi connectivity index (χ2v) is 0.864. The van der Waals surface area contributed by atoms with Crippen LogP contribution in [0.5, 0.6) is 0 Å². The summed E-state index contributed by atoms with van der Waals surface area (Å²) in [5.41, 5.74) is 0. The summed E-state index contributed by atoms with van der Waals surface area (Å²) in [7, 11) is 0. The Balaban J connectivity index is 3.52. The zero-order valence-electron chi connectivity index (χ0n) is 3.64. The van der Waals surface area contributed by atoms with E-state index in [9.17, 15) is 4.79 Å². The highest BCUT2D eigenvalue weighted by atomic mass is 16.2. The molecule has 0 fully saturated rings. The van der Waals surface area contributed by atoms with E-state index in [2.05, 4.69) is 0 Å². The first-order valence-corrected chi connectivity index (χ1v) is 1.69. The first kappa shape index (κ1) is 6.03. The topological polar surface area (TPSA) is 37.3 Å². The first-order valence-electron chi connectivity index (χ1n) is 1.69. The van der Waals surface area contributed by atoms with Crippen LogP contribution in [0.15, 0.2) is 0 Å². The van der Waals surface area contributed by atoms with Crippen LogP contribution in [0.2, 0.25) is 0 Å². The maximum Gasteiger partial charge on any atom is 0.209 e. The standard InChI is InChI=1S/C5H4O2/c1-2-5(7)3-4-6/h1,6H,2H2. The van der Waals surface area contributed by atoms with Crippen molar-refractivity contribution in [2.75, 3.05) is 0 Å². The largest absolute Gasteiger partial charge is 0.462 e. The lowest BCUT2D eigenvalue weighted by atomic mass is 10.3. The van der Waals surface area contributed by atoms with E-state index < -0.39 is 5.78 Å². The van der Waals surface area contributed by atoms with Gasteiger partial charge in [0.15, 0.2) is 0 Å². The number of carbonyl (C=O) groups is 1. The first-order chi connectivity index (χ1) is 3.31. The van der Waals surface area contributed by atoms with Gasteiger partial charge >= 0.3 is 0 Å². The molecule has 2 heteroatoms. The van der Waals surface area contributed by atoms with E-state index in [4.69, 9.17) is 12.0 Å². The minimum Gasteiger partial charge on any atom is -0.462 e. The van der Waals surface area contributed by atoms with Gasteiger partial charge in [-0.3, -0.25) is 4.79 Å². The molecule has 0 amide bonds. The van der Waals surface area contributed by atoms with Gasteiger partial charge in [-0.25, -0.2) is 0 Å². The normalized spacial score (nSPS) is 6.43. The summed E-state index contributed by atoms with van der Waals surface area (Å²) < 4.78 is 0. The van der Waals surface area contributed by atoms with Crippen LogP contribution in [-0.2, 0) is 4.79 Å². The number of carbonyl (C=O) groups excluding carboxylic acids is 1. The van der Waals surface area contributed by atoms with Crippen molar-refractivity contribution in [2.24, 2.45) is 0 Å². The van der Waals surface area contributed by atoms with Crippen LogP contribution in [0.4, 0.5) is 0 Å². The van der Waals surface area contributed by atoms with Crippen LogP contribution in [-0.4, -0.2) is 10.9 Å². The number of hydrogen-bond acceptors (Lipinski definition) is 2. The molecule has 0 heterocycles. The van der Waals surface area contributed by atoms with Crippen molar-refractivity contribution < 1.29 is 9.90 Å². The predicted octanol–water partition coefficient (Wildman–Crippen LogP) is -0.00991. The van der Waals surface area contributed by atoms with E-state index >= 15 is 0 Å². The average Bonchev–Trinajstić information content (AvgIpc) is 1.68. The minimum absolute atomic E-state index is 0.131. The predicted molar refractivity (Wildman–Crippen MR) is 23.6 cm³/mol. The molecule has 0 saturated heterocycles. The molecule has 0 spiro atoms. The zero-order chi connectivity index (χ0) is 5.70. The van der Waals surface area contributed by atoms with Crippen molar-refractivity contribution in [1.29, 1.82) is 0 Å². The van der Waals surface area contributed by atoms with Gasteiger partial charge in [0.05, 0.1) is 0 Å². The highest BCUT2D eigenvalue weighted by molar-refractivity contribution is 5.95. The van der Waals surface area contributed by atoms with E-state index in [1.165, 1.54) is 6.11 Å². The lowest BCUT2D eigenvalue weighted by Gasteiger charge is -1.72. The zero-order valence-corrected chi connectivity index (χ0v) is 3.64. The van der Waals surface area contributed by atoms with Crippen molar-refractivity contribution in [3.05, 3.63) is 6.92 Å². The van der Waals surface area contributed by atoms with E-state index in [-0.39, 0.29) is 6.42 Å². The average molecular weight is 96.1 g/mol. The molecule has 0 bridgehead atoms. The van der Waals surface area contributed by atoms with E-state index in [0.717, 1.165) is 0 Å².